The third-order valence-electron chi connectivity index (χ3n) is 4.98. The van der Waals surface area contributed by atoms with E-state index in [-0.39, 0.29) is 36.0 Å². The summed E-state index contributed by atoms with van der Waals surface area (Å²) in [5.74, 6) is 0.555. The van der Waals surface area contributed by atoms with Gasteiger partial charge in [-0.3, -0.25) is 0 Å². The van der Waals surface area contributed by atoms with Crippen LogP contribution in [0.15, 0.2) is 6.20 Å². The molecule has 178 valence electrons. The van der Waals surface area contributed by atoms with E-state index in [1.807, 2.05) is 27.7 Å². The molecule has 2 aliphatic rings. The number of fused-ring (bicyclic) bond motifs is 1. The topological polar surface area (TPSA) is 138 Å². The van der Waals surface area contributed by atoms with E-state index in [2.05, 4.69) is 26.5 Å². The average molecular weight is 487 g/mol. The minimum Gasteiger partial charge on any atom is -0.369 e. The molecule has 2 unspecified atom stereocenters. The van der Waals surface area contributed by atoms with Gasteiger partial charge in [-0.1, -0.05) is 27.7 Å². The van der Waals surface area contributed by atoms with Gasteiger partial charge >= 0.3 is 0 Å². The summed E-state index contributed by atoms with van der Waals surface area (Å²) in [5, 5.41) is 17.7. The fourth-order valence-corrected chi connectivity index (χ4v) is 3.66. The molecular weight excluding hydrogens is 455 g/mol. The van der Waals surface area contributed by atoms with Crippen molar-refractivity contribution in [3.63, 3.8) is 0 Å². The summed E-state index contributed by atoms with van der Waals surface area (Å²) in [7, 11) is -2.06. The van der Waals surface area contributed by atoms with Crippen molar-refractivity contribution in [2.24, 2.45) is 5.41 Å². The van der Waals surface area contributed by atoms with Gasteiger partial charge < -0.3 is 24.6 Å². The zero-order valence-electron chi connectivity index (χ0n) is 19.0. The summed E-state index contributed by atoms with van der Waals surface area (Å²) in [6, 6.07) is 2.34. The SMILES string of the molecule is CC.CC.N#CC1(CNc2nc(Cl)nc3c2cnn3C2CCC(COCP(O)O)O2)CC1. The Kier molecular flexibility index (Phi) is 10.5. The predicted octanol–water partition coefficient (Wildman–Crippen LogP) is 4.20. The number of halogens is 1. The van der Waals surface area contributed by atoms with Crippen molar-refractivity contribution in [1.29, 1.82) is 5.26 Å². The van der Waals surface area contributed by atoms with E-state index in [4.69, 9.17) is 30.9 Å². The third kappa shape index (κ3) is 6.70. The molecule has 0 amide bonds. The first kappa shape index (κ1) is 26.7. The van der Waals surface area contributed by atoms with E-state index in [9.17, 15) is 5.26 Å². The first-order valence-electron chi connectivity index (χ1n) is 10.9. The van der Waals surface area contributed by atoms with Crippen LogP contribution in [0.3, 0.4) is 0 Å². The number of ether oxygens (including phenoxy) is 2. The first-order valence-corrected chi connectivity index (χ1v) is 12.8. The largest absolute Gasteiger partial charge is 0.369 e. The van der Waals surface area contributed by atoms with Crippen LogP contribution in [0.25, 0.3) is 11.0 Å². The van der Waals surface area contributed by atoms with Crippen molar-refractivity contribution in [1.82, 2.24) is 19.7 Å². The van der Waals surface area contributed by atoms with Crippen molar-refractivity contribution < 1.29 is 19.3 Å². The van der Waals surface area contributed by atoms with Crippen LogP contribution >= 0.6 is 20.0 Å². The molecule has 0 spiro atoms. The lowest BCUT2D eigenvalue weighted by atomic mass is 10.1. The molecule has 0 radical (unpaired) electrons. The quantitative estimate of drug-likeness (QED) is 0.370. The van der Waals surface area contributed by atoms with Gasteiger partial charge in [0.1, 0.15) is 12.2 Å². The van der Waals surface area contributed by atoms with Crippen molar-refractivity contribution in [2.75, 3.05) is 24.8 Å². The number of aromatic nitrogens is 4. The van der Waals surface area contributed by atoms with Gasteiger partial charge in [-0.05, 0) is 37.3 Å². The van der Waals surface area contributed by atoms with Crippen LogP contribution in [0, 0.1) is 16.7 Å². The highest BCUT2D eigenvalue weighted by Crippen LogP contribution is 2.45. The normalized spacial score (nSPS) is 20.7. The number of anilines is 1. The van der Waals surface area contributed by atoms with Crippen LogP contribution in [0.5, 0.6) is 0 Å². The molecule has 12 heteroatoms. The summed E-state index contributed by atoms with van der Waals surface area (Å²) < 4.78 is 12.9. The molecule has 1 aliphatic heterocycles. The Labute approximate surface area is 194 Å². The van der Waals surface area contributed by atoms with E-state index in [1.54, 1.807) is 10.9 Å². The first-order chi connectivity index (χ1) is 15.5. The highest BCUT2D eigenvalue weighted by molar-refractivity contribution is 7.44. The molecule has 0 aromatic carbocycles. The van der Waals surface area contributed by atoms with Crippen LogP contribution in [0.4, 0.5) is 5.82 Å². The smallest absolute Gasteiger partial charge is 0.226 e. The second kappa shape index (κ2) is 12.6. The van der Waals surface area contributed by atoms with Gasteiger partial charge in [-0.2, -0.15) is 20.3 Å². The lowest BCUT2D eigenvalue weighted by Gasteiger charge is -2.15. The zero-order valence-corrected chi connectivity index (χ0v) is 20.6. The minimum atomic E-state index is -2.06. The van der Waals surface area contributed by atoms with E-state index in [0.717, 1.165) is 25.7 Å². The molecule has 1 saturated heterocycles. The van der Waals surface area contributed by atoms with Crippen molar-refractivity contribution >= 4 is 36.8 Å². The fraction of sp³-hybridized carbons (Fsp3) is 0.700. The maximum absolute atomic E-state index is 9.25. The summed E-state index contributed by atoms with van der Waals surface area (Å²) in [6.07, 6.45) is 4.35. The average Bonchev–Trinajstić information content (AvgIpc) is 3.22. The molecule has 4 rings (SSSR count). The Morgan fingerprint density at radius 3 is 2.66 bits per heavy atom. The van der Waals surface area contributed by atoms with Gasteiger partial charge in [-0.25, -0.2) is 4.68 Å². The molecule has 3 heterocycles. The lowest BCUT2D eigenvalue weighted by Crippen LogP contribution is -2.18. The summed E-state index contributed by atoms with van der Waals surface area (Å²) in [6.45, 7) is 8.79. The number of hydrogen-bond donors (Lipinski definition) is 3. The molecule has 2 aromatic heterocycles. The molecule has 10 nitrogen and oxygen atoms in total. The standard InChI is InChI=1S/C16H20ClN6O4P.2C2H6/c17-15-21-13(19-8-16(7-18)3-4-16)11-5-20-23(14(11)22-15)12-2-1-10(27-12)6-26-9-28(24)25;2*1-2/h5,10,12,24-25H,1-4,6,8-9H2,(H,19,21,22);2*1-2H3. The Morgan fingerprint density at radius 1 is 1.31 bits per heavy atom. The molecule has 3 N–H and O–H groups in total. The van der Waals surface area contributed by atoms with Gasteiger partial charge in [0.05, 0.1) is 35.8 Å². The summed E-state index contributed by atoms with van der Waals surface area (Å²) >= 11 is 6.11. The second-order valence-corrected chi connectivity index (χ2v) is 8.42. The molecular formula is C20H32ClN6O4P. The summed E-state index contributed by atoms with van der Waals surface area (Å²) in [4.78, 5) is 26.4. The van der Waals surface area contributed by atoms with E-state index in [0.29, 0.717) is 23.4 Å². The Bertz CT molecular complexity index is 902. The molecule has 0 bridgehead atoms. The molecule has 2 atom stereocenters. The van der Waals surface area contributed by atoms with Crippen molar-refractivity contribution in [2.45, 2.75) is 65.7 Å². The van der Waals surface area contributed by atoms with Crippen LogP contribution < -0.4 is 5.32 Å². The number of nitriles is 1. The molecule has 2 aromatic rings. The highest BCUT2D eigenvalue weighted by atomic mass is 35.5. The van der Waals surface area contributed by atoms with Crippen molar-refractivity contribution in [3.05, 3.63) is 11.5 Å². The van der Waals surface area contributed by atoms with Gasteiger partial charge in [0.25, 0.3) is 0 Å². The van der Waals surface area contributed by atoms with Crippen LogP contribution in [0.2, 0.25) is 5.28 Å². The number of rotatable bonds is 8. The number of hydrogen-bond acceptors (Lipinski definition) is 9. The Morgan fingerprint density at radius 2 is 2.03 bits per heavy atom. The fourth-order valence-electron chi connectivity index (χ4n) is 3.23. The van der Waals surface area contributed by atoms with Crippen LogP contribution in [-0.4, -0.2) is 55.1 Å². The molecule has 2 fully saturated rings. The number of nitrogens with zero attached hydrogens (tertiary/aromatic N) is 5. The highest BCUT2D eigenvalue weighted by Gasteiger charge is 2.43. The van der Waals surface area contributed by atoms with Crippen LogP contribution in [-0.2, 0) is 9.47 Å². The maximum atomic E-state index is 9.25. The summed E-state index contributed by atoms with van der Waals surface area (Å²) in [5.41, 5.74) is 0.246. The Balaban J connectivity index is 0.000000860. The van der Waals surface area contributed by atoms with Crippen LogP contribution in [0.1, 0.15) is 59.6 Å². The van der Waals surface area contributed by atoms with Gasteiger partial charge in [0, 0.05) is 6.54 Å². The Hall–Kier alpha value is -1.60. The lowest BCUT2D eigenvalue weighted by molar-refractivity contribution is -0.0384. The van der Waals surface area contributed by atoms with Gasteiger partial charge in [0.15, 0.2) is 20.3 Å². The minimum absolute atomic E-state index is 0.0907. The van der Waals surface area contributed by atoms with E-state index >= 15 is 0 Å². The van der Waals surface area contributed by atoms with Gasteiger partial charge in [-0.15, -0.1) is 0 Å². The monoisotopic (exact) mass is 486 g/mol. The zero-order chi connectivity index (χ0) is 23.7. The number of nitrogens with one attached hydrogen (secondary N) is 1. The predicted molar refractivity (Wildman–Crippen MR) is 124 cm³/mol. The molecule has 1 aliphatic carbocycles. The van der Waals surface area contributed by atoms with Crippen molar-refractivity contribution in [3.8, 4) is 6.07 Å². The van der Waals surface area contributed by atoms with E-state index < -0.39 is 8.38 Å². The van der Waals surface area contributed by atoms with E-state index in [1.165, 1.54) is 0 Å². The second-order valence-electron chi connectivity index (χ2n) is 7.08. The van der Waals surface area contributed by atoms with Gasteiger partial charge in [0.2, 0.25) is 5.28 Å². The molecule has 32 heavy (non-hydrogen) atoms. The molecule has 1 saturated carbocycles. The third-order valence-corrected chi connectivity index (χ3v) is 5.56. The maximum Gasteiger partial charge on any atom is 0.226 e.